The molecule has 0 bridgehead atoms. The molecule has 0 spiro atoms. The summed E-state index contributed by atoms with van der Waals surface area (Å²) >= 11 is 12.0. The second-order valence-corrected chi connectivity index (χ2v) is 4.40. The SMILES string of the molecule is CCCc1c(Cl)nnc(Cl)c1[C@H](CC)CF. The normalized spacial score (nSPS) is 12.8. The second-order valence-electron chi connectivity index (χ2n) is 3.68. The molecule has 16 heavy (non-hydrogen) atoms. The van der Waals surface area contributed by atoms with Crippen molar-refractivity contribution in [1.82, 2.24) is 10.2 Å². The van der Waals surface area contributed by atoms with E-state index in [-0.39, 0.29) is 11.1 Å². The zero-order valence-electron chi connectivity index (χ0n) is 9.43. The molecular weight excluding hydrogens is 250 g/mol. The van der Waals surface area contributed by atoms with Gasteiger partial charge in [-0.3, -0.25) is 4.39 Å². The first-order chi connectivity index (χ1) is 7.65. The molecule has 2 nitrogen and oxygen atoms in total. The number of hydrogen-bond donors (Lipinski definition) is 0. The zero-order valence-corrected chi connectivity index (χ0v) is 10.9. The average molecular weight is 265 g/mol. The fourth-order valence-corrected chi connectivity index (χ4v) is 2.27. The maximum absolute atomic E-state index is 12.9. The smallest absolute Gasteiger partial charge is 0.155 e. The Hall–Kier alpha value is -0.410. The van der Waals surface area contributed by atoms with E-state index >= 15 is 0 Å². The summed E-state index contributed by atoms with van der Waals surface area (Å²) in [5.41, 5.74) is 1.57. The molecule has 0 fully saturated rings. The molecule has 1 rings (SSSR count). The van der Waals surface area contributed by atoms with Crippen LogP contribution in [0.4, 0.5) is 4.39 Å². The van der Waals surface area contributed by atoms with Gasteiger partial charge >= 0.3 is 0 Å². The number of aromatic nitrogens is 2. The molecule has 0 N–H and O–H groups in total. The van der Waals surface area contributed by atoms with Crippen LogP contribution in [-0.2, 0) is 6.42 Å². The summed E-state index contributed by atoms with van der Waals surface area (Å²) in [4.78, 5) is 0. The lowest BCUT2D eigenvalue weighted by Crippen LogP contribution is -2.08. The van der Waals surface area contributed by atoms with Crippen molar-refractivity contribution in [2.45, 2.75) is 39.0 Å². The van der Waals surface area contributed by atoms with Crippen LogP contribution >= 0.6 is 23.2 Å². The molecule has 0 amide bonds. The minimum absolute atomic E-state index is 0.234. The molecule has 0 aromatic carbocycles. The maximum atomic E-state index is 12.9. The quantitative estimate of drug-likeness (QED) is 0.797. The van der Waals surface area contributed by atoms with Crippen LogP contribution in [0.2, 0.25) is 10.3 Å². The van der Waals surface area contributed by atoms with Gasteiger partial charge in [-0.05, 0) is 18.4 Å². The van der Waals surface area contributed by atoms with Crippen LogP contribution < -0.4 is 0 Å². The van der Waals surface area contributed by atoms with E-state index in [2.05, 4.69) is 10.2 Å². The highest BCUT2D eigenvalue weighted by atomic mass is 35.5. The zero-order chi connectivity index (χ0) is 12.1. The largest absolute Gasteiger partial charge is 0.250 e. The average Bonchev–Trinajstić information content (AvgIpc) is 2.28. The Kier molecular flexibility index (Phi) is 5.42. The van der Waals surface area contributed by atoms with Crippen LogP contribution in [0.5, 0.6) is 0 Å². The highest BCUT2D eigenvalue weighted by Crippen LogP contribution is 2.32. The van der Waals surface area contributed by atoms with Crippen molar-refractivity contribution in [2.24, 2.45) is 0 Å². The molecule has 0 saturated carbocycles. The molecule has 5 heteroatoms. The molecular formula is C11H15Cl2FN2. The molecule has 1 heterocycles. The van der Waals surface area contributed by atoms with E-state index in [1.807, 2.05) is 13.8 Å². The van der Waals surface area contributed by atoms with Gasteiger partial charge in [-0.25, -0.2) is 0 Å². The third-order valence-corrected chi connectivity index (χ3v) is 3.19. The van der Waals surface area contributed by atoms with Crippen LogP contribution in [0.3, 0.4) is 0 Å². The summed E-state index contributed by atoms with van der Waals surface area (Å²) in [6.07, 6.45) is 2.34. The predicted octanol–water partition coefficient (Wildman–Crippen LogP) is 4.20. The monoisotopic (exact) mass is 264 g/mol. The van der Waals surface area contributed by atoms with Crippen LogP contribution in [0.25, 0.3) is 0 Å². The Labute approximate surface area is 105 Å². The topological polar surface area (TPSA) is 25.8 Å². The maximum Gasteiger partial charge on any atom is 0.155 e. The van der Waals surface area contributed by atoms with Crippen molar-refractivity contribution in [3.05, 3.63) is 21.4 Å². The van der Waals surface area contributed by atoms with Crippen LogP contribution in [-0.4, -0.2) is 16.9 Å². The first-order valence-corrected chi connectivity index (χ1v) is 6.17. The Morgan fingerprint density at radius 3 is 2.31 bits per heavy atom. The summed E-state index contributed by atoms with van der Waals surface area (Å²) in [7, 11) is 0. The number of alkyl halides is 1. The molecule has 0 aliphatic rings. The fourth-order valence-electron chi connectivity index (χ4n) is 1.73. The molecule has 0 aliphatic heterocycles. The van der Waals surface area contributed by atoms with Gasteiger partial charge in [-0.1, -0.05) is 43.5 Å². The molecule has 0 radical (unpaired) electrons. The lowest BCUT2D eigenvalue weighted by atomic mass is 9.94. The third kappa shape index (κ3) is 2.83. The molecule has 1 aromatic rings. The fraction of sp³-hybridized carbons (Fsp3) is 0.636. The van der Waals surface area contributed by atoms with Gasteiger partial charge in [0.1, 0.15) is 0 Å². The molecule has 90 valence electrons. The lowest BCUT2D eigenvalue weighted by molar-refractivity contribution is 0.421. The van der Waals surface area contributed by atoms with Gasteiger partial charge in [-0.15, -0.1) is 10.2 Å². The van der Waals surface area contributed by atoms with Gasteiger partial charge in [0.2, 0.25) is 0 Å². The summed E-state index contributed by atoms with van der Waals surface area (Å²) in [6, 6.07) is 0. The number of halogens is 3. The van der Waals surface area contributed by atoms with Crippen LogP contribution in [0.15, 0.2) is 0 Å². The molecule has 0 saturated heterocycles. The van der Waals surface area contributed by atoms with E-state index in [4.69, 9.17) is 23.2 Å². The minimum Gasteiger partial charge on any atom is -0.250 e. The minimum atomic E-state index is -0.449. The van der Waals surface area contributed by atoms with Gasteiger partial charge in [0.15, 0.2) is 10.3 Å². The van der Waals surface area contributed by atoms with Crippen LogP contribution in [0.1, 0.15) is 43.7 Å². The van der Waals surface area contributed by atoms with E-state index in [0.717, 1.165) is 24.0 Å². The summed E-state index contributed by atoms with van der Waals surface area (Å²) in [6.45, 7) is 3.50. The Morgan fingerprint density at radius 2 is 1.81 bits per heavy atom. The van der Waals surface area contributed by atoms with Crippen molar-refractivity contribution in [1.29, 1.82) is 0 Å². The van der Waals surface area contributed by atoms with E-state index in [9.17, 15) is 4.39 Å². The van der Waals surface area contributed by atoms with Gasteiger partial charge < -0.3 is 0 Å². The van der Waals surface area contributed by atoms with Gasteiger partial charge in [0.25, 0.3) is 0 Å². The molecule has 1 atom stereocenters. The predicted molar refractivity (Wildman–Crippen MR) is 65.1 cm³/mol. The Morgan fingerprint density at radius 1 is 1.19 bits per heavy atom. The van der Waals surface area contributed by atoms with Crippen molar-refractivity contribution >= 4 is 23.2 Å². The summed E-state index contributed by atoms with van der Waals surface area (Å²) in [5.74, 6) is -0.234. The second kappa shape index (κ2) is 6.36. The Bertz CT molecular complexity index is 354. The molecule has 1 aromatic heterocycles. The first-order valence-electron chi connectivity index (χ1n) is 5.42. The summed E-state index contributed by atoms with van der Waals surface area (Å²) < 4.78 is 12.9. The van der Waals surface area contributed by atoms with E-state index in [0.29, 0.717) is 11.6 Å². The van der Waals surface area contributed by atoms with E-state index in [1.165, 1.54) is 0 Å². The first kappa shape index (κ1) is 13.7. The van der Waals surface area contributed by atoms with E-state index in [1.54, 1.807) is 0 Å². The van der Waals surface area contributed by atoms with Crippen molar-refractivity contribution in [2.75, 3.05) is 6.67 Å². The molecule has 0 aliphatic carbocycles. The Balaban J connectivity index is 3.26. The van der Waals surface area contributed by atoms with Gasteiger partial charge in [0.05, 0.1) is 6.67 Å². The highest BCUT2D eigenvalue weighted by Gasteiger charge is 2.21. The van der Waals surface area contributed by atoms with Crippen LogP contribution in [0, 0.1) is 0 Å². The number of nitrogens with zero attached hydrogens (tertiary/aromatic N) is 2. The number of rotatable bonds is 5. The van der Waals surface area contributed by atoms with Crippen molar-refractivity contribution in [3.8, 4) is 0 Å². The van der Waals surface area contributed by atoms with Crippen molar-refractivity contribution < 1.29 is 4.39 Å². The standard InChI is InChI=1S/C11H15Cl2FN2/c1-3-5-8-9(7(4-2)6-14)11(13)16-15-10(8)12/h7H,3-6H2,1-2H3/t7-/m1/s1. The molecule has 0 unspecified atom stereocenters. The summed E-state index contributed by atoms with van der Waals surface area (Å²) in [5, 5.41) is 8.14. The third-order valence-electron chi connectivity index (χ3n) is 2.61. The lowest BCUT2D eigenvalue weighted by Gasteiger charge is -2.17. The van der Waals surface area contributed by atoms with Crippen molar-refractivity contribution in [3.63, 3.8) is 0 Å². The van der Waals surface area contributed by atoms with Gasteiger partial charge in [0, 0.05) is 11.5 Å². The number of hydrogen-bond acceptors (Lipinski definition) is 2. The van der Waals surface area contributed by atoms with Gasteiger partial charge in [-0.2, -0.15) is 0 Å². The highest BCUT2D eigenvalue weighted by molar-refractivity contribution is 6.32. The van der Waals surface area contributed by atoms with E-state index < -0.39 is 6.67 Å².